The van der Waals surface area contributed by atoms with Gasteiger partial charge >= 0.3 is 0 Å². The number of carbonyl (C=O) groups excluding carboxylic acids is 2. The SMILES string of the molecule is CC(NC(=O)[C@@](C)(O)C(O)C(=O)N1Cc2cccnc2C1)c1ccc(-n2cccc2C#N)cc1. The summed E-state index contributed by atoms with van der Waals surface area (Å²) in [6, 6.07) is 15.9. The molecular weight excluding hydrogens is 434 g/mol. The van der Waals surface area contributed by atoms with Gasteiger partial charge in [0, 0.05) is 24.6 Å². The molecule has 3 atom stereocenters. The van der Waals surface area contributed by atoms with Crippen molar-refractivity contribution in [2.24, 2.45) is 0 Å². The van der Waals surface area contributed by atoms with Crippen molar-refractivity contribution in [3.05, 3.63) is 83.4 Å². The van der Waals surface area contributed by atoms with Crippen molar-refractivity contribution >= 4 is 11.8 Å². The smallest absolute Gasteiger partial charge is 0.255 e. The minimum atomic E-state index is -2.33. The molecule has 1 aliphatic rings. The molecule has 1 aromatic carbocycles. The lowest BCUT2D eigenvalue weighted by Crippen LogP contribution is -2.58. The Morgan fingerprint density at radius 3 is 2.59 bits per heavy atom. The molecular formula is C25H25N5O4. The Morgan fingerprint density at radius 2 is 1.91 bits per heavy atom. The number of aliphatic hydroxyl groups excluding tert-OH is 1. The first-order chi connectivity index (χ1) is 16.2. The zero-order valence-corrected chi connectivity index (χ0v) is 18.8. The lowest BCUT2D eigenvalue weighted by molar-refractivity contribution is -0.166. The fourth-order valence-electron chi connectivity index (χ4n) is 3.94. The molecule has 9 nitrogen and oxygen atoms in total. The third-order valence-corrected chi connectivity index (χ3v) is 6.11. The predicted molar refractivity (Wildman–Crippen MR) is 122 cm³/mol. The highest BCUT2D eigenvalue weighted by molar-refractivity contribution is 5.94. The molecule has 34 heavy (non-hydrogen) atoms. The predicted octanol–water partition coefficient (Wildman–Crippen LogP) is 1.58. The van der Waals surface area contributed by atoms with Crippen LogP contribution in [0.4, 0.5) is 0 Å². The van der Waals surface area contributed by atoms with Gasteiger partial charge in [0.25, 0.3) is 11.8 Å². The molecule has 2 unspecified atom stereocenters. The van der Waals surface area contributed by atoms with Gasteiger partial charge in [0.05, 0.1) is 18.3 Å². The second-order valence-electron chi connectivity index (χ2n) is 8.52. The van der Waals surface area contributed by atoms with Gasteiger partial charge in [-0.15, -0.1) is 0 Å². The maximum absolute atomic E-state index is 12.8. The standard InChI is InChI=1S/C25H25N5O4/c1-16(17-7-9-19(10-8-17)30-12-4-6-20(30)13-26)28-24(33)25(2,34)22(31)23(32)29-14-18-5-3-11-27-21(18)15-29/h3-12,16,22,31,34H,14-15H2,1-2H3,(H,28,33)/t16?,22?,25-/m0/s1. The molecule has 0 fully saturated rings. The Kier molecular flexibility index (Phi) is 6.20. The Hall–Kier alpha value is -4.00. The minimum Gasteiger partial charge on any atom is -0.380 e. The maximum Gasteiger partial charge on any atom is 0.255 e. The molecule has 3 N–H and O–H groups in total. The van der Waals surface area contributed by atoms with E-state index in [0.29, 0.717) is 5.69 Å². The minimum absolute atomic E-state index is 0.210. The Labute approximate surface area is 196 Å². The fourth-order valence-corrected chi connectivity index (χ4v) is 3.94. The van der Waals surface area contributed by atoms with E-state index in [1.807, 2.05) is 18.2 Å². The summed E-state index contributed by atoms with van der Waals surface area (Å²) in [7, 11) is 0. The highest BCUT2D eigenvalue weighted by Crippen LogP contribution is 2.24. The van der Waals surface area contributed by atoms with Gasteiger partial charge in [-0.05, 0) is 55.3 Å². The zero-order chi connectivity index (χ0) is 24.5. The molecule has 3 heterocycles. The van der Waals surface area contributed by atoms with Crippen LogP contribution in [-0.2, 0) is 22.7 Å². The number of rotatable bonds is 6. The molecule has 0 saturated heterocycles. The van der Waals surface area contributed by atoms with Gasteiger partial charge in [-0.25, -0.2) is 0 Å². The van der Waals surface area contributed by atoms with Crippen molar-refractivity contribution < 1.29 is 19.8 Å². The lowest BCUT2D eigenvalue weighted by atomic mass is 9.95. The van der Waals surface area contributed by atoms with Crippen LogP contribution in [0.1, 0.15) is 42.4 Å². The molecule has 0 aliphatic carbocycles. The monoisotopic (exact) mass is 459 g/mol. The third-order valence-electron chi connectivity index (χ3n) is 6.11. The van der Waals surface area contributed by atoms with E-state index in [1.54, 1.807) is 54.2 Å². The molecule has 3 aromatic rings. The number of pyridine rings is 1. The molecule has 0 bridgehead atoms. The summed E-state index contributed by atoms with van der Waals surface area (Å²) in [5.74, 6) is -1.60. The molecule has 174 valence electrons. The van der Waals surface area contributed by atoms with Crippen molar-refractivity contribution in [3.8, 4) is 11.8 Å². The van der Waals surface area contributed by atoms with E-state index < -0.39 is 29.6 Å². The largest absolute Gasteiger partial charge is 0.380 e. The summed E-state index contributed by atoms with van der Waals surface area (Å²) < 4.78 is 1.74. The summed E-state index contributed by atoms with van der Waals surface area (Å²) in [5.41, 5.74) is 1.30. The molecule has 0 saturated carbocycles. The lowest BCUT2D eigenvalue weighted by Gasteiger charge is -2.31. The molecule has 2 aromatic heterocycles. The zero-order valence-electron chi connectivity index (χ0n) is 18.8. The van der Waals surface area contributed by atoms with Crippen LogP contribution in [0.5, 0.6) is 0 Å². The number of nitrogens with one attached hydrogen (secondary N) is 1. The topological polar surface area (TPSA) is 131 Å². The van der Waals surface area contributed by atoms with Crippen molar-refractivity contribution in [2.75, 3.05) is 0 Å². The van der Waals surface area contributed by atoms with Crippen LogP contribution in [-0.4, -0.2) is 48.2 Å². The van der Waals surface area contributed by atoms with Gasteiger partial charge < -0.3 is 25.0 Å². The molecule has 4 rings (SSSR count). The third kappa shape index (κ3) is 4.29. The van der Waals surface area contributed by atoms with Crippen molar-refractivity contribution in [1.82, 2.24) is 19.8 Å². The summed E-state index contributed by atoms with van der Waals surface area (Å²) in [6.45, 7) is 3.32. The maximum atomic E-state index is 12.8. The Balaban J connectivity index is 1.41. The van der Waals surface area contributed by atoms with Gasteiger partial charge in [-0.3, -0.25) is 14.6 Å². The number of benzene rings is 1. The first-order valence-electron chi connectivity index (χ1n) is 10.8. The van der Waals surface area contributed by atoms with E-state index >= 15 is 0 Å². The normalized spacial score (nSPS) is 16.1. The van der Waals surface area contributed by atoms with E-state index in [4.69, 9.17) is 0 Å². The summed E-state index contributed by atoms with van der Waals surface area (Å²) in [5, 5.41) is 33.2. The van der Waals surface area contributed by atoms with Gasteiger partial charge in [0.1, 0.15) is 11.8 Å². The fraction of sp³-hybridized carbons (Fsp3) is 0.280. The van der Waals surface area contributed by atoms with Gasteiger partial charge in [0.15, 0.2) is 11.7 Å². The van der Waals surface area contributed by atoms with Crippen molar-refractivity contribution in [2.45, 2.75) is 44.7 Å². The number of carbonyl (C=O) groups is 2. The average Bonchev–Trinajstić information content (AvgIpc) is 3.50. The number of amides is 2. The number of fused-ring (bicyclic) bond motifs is 1. The Morgan fingerprint density at radius 1 is 1.18 bits per heavy atom. The number of hydrogen-bond acceptors (Lipinski definition) is 6. The van der Waals surface area contributed by atoms with Crippen molar-refractivity contribution in [1.29, 1.82) is 5.26 Å². The second-order valence-corrected chi connectivity index (χ2v) is 8.52. The number of nitriles is 1. The summed E-state index contributed by atoms with van der Waals surface area (Å²) in [6.07, 6.45) is 1.47. The first kappa shape index (κ1) is 23.2. The number of nitrogens with zero attached hydrogens (tertiary/aromatic N) is 4. The summed E-state index contributed by atoms with van der Waals surface area (Å²) >= 11 is 0. The molecule has 0 radical (unpaired) electrons. The number of hydrogen-bond donors (Lipinski definition) is 3. The second kappa shape index (κ2) is 9.09. The van der Waals surface area contributed by atoms with Crippen LogP contribution in [0.3, 0.4) is 0 Å². The average molecular weight is 460 g/mol. The van der Waals surface area contributed by atoms with Crippen LogP contribution in [0.15, 0.2) is 60.9 Å². The number of aliphatic hydroxyl groups is 2. The molecule has 1 aliphatic heterocycles. The molecule has 9 heteroatoms. The first-order valence-corrected chi connectivity index (χ1v) is 10.8. The Bertz CT molecular complexity index is 1230. The van der Waals surface area contributed by atoms with E-state index in [0.717, 1.165) is 29.4 Å². The van der Waals surface area contributed by atoms with Crippen LogP contribution in [0.2, 0.25) is 0 Å². The van der Waals surface area contributed by atoms with Crippen LogP contribution in [0.25, 0.3) is 5.69 Å². The molecule has 2 amide bonds. The van der Waals surface area contributed by atoms with Gasteiger partial charge in [-0.1, -0.05) is 18.2 Å². The van der Waals surface area contributed by atoms with Crippen LogP contribution < -0.4 is 5.32 Å². The highest BCUT2D eigenvalue weighted by atomic mass is 16.4. The van der Waals surface area contributed by atoms with Crippen LogP contribution in [0, 0.1) is 11.3 Å². The van der Waals surface area contributed by atoms with E-state index in [1.165, 1.54) is 4.90 Å². The van der Waals surface area contributed by atoms with Crippen molar-refractivity contribution in [3.63, 3.8) is 0 Å². The number of aromatic nitrogens is 2. The van der Waals surface area contributed by atoms with E-state index in [9.17, 15) is 25.1 Å². The van der Waals surface area contributed by atoms with Crippen LogP contribution >= 0.6 is 0 Å². The molecule has 0 spiro atoms. The van der Waals surface area contributed by atoms with Gasteiger partial charge in [0.2, 0.25) is 0 Å². The summed E-state index contributed by atoms with van der Waals surface area (Å²) in [4.78, 5) is 31.2. The van der Waals surface area contributed by atoms with E-state index in [-0.39, 0.29) is 13.1 Å². The van der Waals surface area contributed by atoms with Gasteiger partial charge in [-0.2, -0.15) is 5.26 Å². The quantitative estimate of drug-likeness (QED) is 0.513. The van der Waals surface area contributed by atoms with E-state index in [2.05, 4.69) is 16.4 Å². The highest BCUT2D eigenvalue weighted by Gasteiger charge is 2.45.